The van der Waals surface area contributed by atoms with Gasteiger partial charge in [-0.05, 0) is 48.7 Å². The van der Waals surface area contributed by atoms with Crippen molar-refractivity contribution < 1.29 is 9.59 Å². The second kappa shape index (κ2) is 8.11. The number of nitrogens with one attached hydrogen (secondary N) is 1. The van der Waals surface area contributed by atoms with Gasteiger partial charge in [-0.25, -0.2) is 0 Å². The minimum atomic E-state index is -0.195. The number of amides is 2. The zero-order valence-electron chi connectivity index (χ0n) is 14.5. The van der Waals surface area contributed by atoms with Crippen LogP contribution in [0.5, 0.6) is 0 Å². The van der Waals surface area contributed by atoms with E-state index in [1.54, 1.807) is 24.3 Å². The van der Waals surface area contributed by atoms with Crippen molar-refractivity contribution >= 4 is 35.0 Å². The van der Waals surface area contributed by atoms with E-state index in [2.05, 4.69) is 5.32 Å². The van der Waals surface area contributed by atoms with Gasteiger partial charge in [0.25, 0.3) is 5.91 Å². The van der Waals surface area contributed by atoms with Gasteiger partial charge in [0.1, 0.15) is 0 Å². The van der Waals surface area contributed by atoms with E-state index in [-0.39, 0.29) is 17.9 Å². The van der Waals surface area contributed by atoms with Crippen LogP contribution in [0.4, 0.5) is 0 Å². The first-order valence-electron chi connectivity index (χ1n) is 8.56. The molecule has 1 aliphatic rings. The Kier molecular flexibility index (Phi) is 5.84. The SMILES string of the molecule is CC(NC(=O)c1ccc(CN2CCCC2=O)cc1)c1ccc(Cl)c(Cl)c1. The zero-order valence-corrected chi connectivity index (χ0v) is 16.0. The summed E-state index contributed by atoms with van der Waals surface area (Å²) in [6.45, 7) is 3.30. The van der Waals surface area contributed by atoms with E-state index in [9.17, 15) is 9.59 Å². The Labute approximate surface area is 163 Å². The maximum Gasteiger partial charge on any atom is 0.251 e. The van der Waals surface area contributed by atoms with E-state index in [4.69, 9.17) is 23.2 Å². The minimum absolute atomic E-state index is 0.160. The van der Waals surface area contributed by atoms with Crippen LogP contribution < -0.4 is 5.32 Å². The highest BCUT2D eigenvalue weighted by Gasteiger charge is 2.20. The fourth-order valence-corrected chi connectivity index (χ4v) is 3.30. The lowest BCUT2D eigenvalue weighted by Crippen LogP contribution is -2.27. The third kappa shape index (κ3) is 4.37. The number of carbonyl (C=O) groups is 2. The number of carbonyl (C=O) groups excluding carboxylic acids is 2. The number of benzene rings is 2. The summed E-state index contributed by atoms with van der Waals surface area (Å²) >= 11 is 12.0. The molecule has 1 heterocycles. The first-order chi connectivity index (χ1) is 12.4. The monoisotopic (exact) mass is 390 g/mol. The van der Waals surface area contributed by atoms with Crippen molar-refractivity contribution in [3.8, 4) is 0 Å². The Balaban J connectivity index is 1.62. The van der Waals surface area contributed by atoms with Gasteiger partial charge in [-0.15, -0.1) is 0 Å². The largest absolute Gasteiger partial charge is 0.346 e. The van der Waals surface area contributed by atoms with Crippen LogP contribution in [0.1, 0.15) is 47.3 Å². The van der Waals surface area contributed by atoms with Crippen LogP contribution in [-0.4, -0.2) is 23.3 Å². The van der Waals surface area contributed by atoms with Gasteiger partial charge in [-0.2, -0.15) is 0 Å². The second-order valence-corrected chi connectivity index (χ2v) is 7.30. The average Bonchev–Trinajstić information content (AvgIpc) is 3.02. The molecule has 1 atom stereocenters. The number of hydrogen-bond acceptors (Lipinski definition) is 2. The highest BCUT2D eigenvalue weighted by atomic mass is 35.5. The van der Waals surface area contributed by atoms with Crippen molar-refractivity contribution in [1.29, 1.82) is 0 Å². The number of nitrogens with zero attached hydrogens (tertiary/aromatic N) is 1. The first kappa shape index (κ1) is 18.7. The molecule has 2 amide bonds. The van der Waals surface area contributed by atoms with Crippen LogP contribution in [0, 0.1) is 0 Å². The maximum absolute atomic E-state index is 12.5. The van der Waals surface area contributed by atoms with Gasteiger partial charge in [0, 0.05) is 25.1 Å². The lowest BCUT2D eigenvalue weighted by Gasteiger charge is -2.17. The molecule has 0 spiro atoms. The Morgan fingerprint density at radius 1 is 1.15 bits per heavy atom. The molecule has 0 bridgehead atoms. The molecule has 0 aliphatic carbocycles. The summed E-state index contributed by atoms with van der Waals surface area (Å²) in [4.78, 5) is 26.0. The molecular weight excluding hydrogens is 371 g/mol. The molecule has 0 radical (unpaired) electrons. The summed E-state index contributed by atoms with van der Waals surface area (Å²) in [6, 6.07) is 12.5. The van der Waals surface area contributed by atoms with Crippen LogP contribution in [0.25, 0.3) is 0 Å². The summed E-state index contributed by atoms with van der Waals surface area (Å²) in [5, 5.41) is 3.90. The van der Waals surface area contributed by atoms with Crippen molar-refractivity contribution in [2.45, 2.75) is 32.4 Å². The van der Waals surface area contributed by atoms with Crippen LogP contribution in [0.2, 0.25) is 10.0 Å². The molecule has 0 aromatic heterocycles. The van der Waals surface area contributed by atoms with E-state index in [0.29, 0.717) is 28.6 Å². The Morgan fingerprint density at radius 3 is 2.50 bits per heavy atom. The Bertz CT molecular complexity index is 821. The molecule has 136 valence electrons. The molecule has 2 aromatic rings. The maximum atomic E-state index is 12.5. The predicted molar refractivity (Wildman–Crippen MR) is 103 cm³/mol. The van der Waals surface area contributed by atoms with Crippen molar-refractivity contribution in [3.63, 3.8) is 0 Å². The van der Waals surface area contributed by atoms with Crippen molar-refractivity contribution in [3.05, 3.63) is 69.2 Å². The van der Waals surface area contributed by atoms with Crippen LogP contribution in [0.15, 0.2) is 42.5 Å². The van der Waals surface area contributed by atoms with Gasteiger partial charge < -0.3 is 10.2 Å². The smallest absolute Gasteiger partial charge is 0.251 e. The zero-order chi connectivity index (χ0) is 18.7. The molecule has 1 aliphatic heterocycles. The Hall–Kier alpha value is -2.04. The summed E-state index contributed by atoms with van der Waals surface area (Å²) in [6.07, 6.45) is 1.55. The quantitative estimate of drug-likeness (QED) is 0.810. The topological polar surface area (TPSA) is 49.4 Å². The number of halogens is 2. The summed E-state index contributed by atoms with van der Waals surface area (Å²) < 4.78 is 0. The molecular formula is C20H20Cl2N2O2. The Morgan fingerprint density at radius 2 is 1.88 bits per heavy atom. The average molecular weight is 391 g/mol. The molecule has 6 heteroatoms. The normalized spacial score (nSPS) is 15.2. The molecule has 1 saturated heterocycles. The fourth-order valence-electron chi connectivity index (χ4n) is 3.00. The number of rotatable bonds is 5. The third-order valence-electron chi connectivity index (χ3n) is 4.55. The van der Waals surface area contributed by atoms with Gasteiger partial charge in [-0.3, -0.25) is 9.59 Å². The summed E-state index contributed by atoms with van der Waals surface area (Å²) in [7, 11) is 0. The molecule has 2 aromatic carbocycles. The molecule has 26 heavy (non-hydrogen) atoms. The highest BCUT2D eigenvalue weighted by molar-refractivity contribution is 6.42. The van der Waals surface area contributed by atoms with Crippen LogP contribution >= 0.6 is 23.2 Å². The third-order valence-corrected chi connectivity index (χ3v) is 5.29. The van der Waals surface area contributed by atoms with Crippen molar-refractivity contribution in [2.75, 3.05) is 6.54 Å². The molecule has 1 fully saturated rings. The number of likely N-dealkylation sites (tertiary alicyclic amines) is 1. The lowest BCUT2D eigenvalue weighted by molar-refractivity contribution is -0.128. The van der Waals surface area contributed by atoms with E-state index in [1.807, 2.05) is 30.0 Å². The lowest BCUT2D eigenvalue weighted by atomic mass is 10.1. The highest BCUT2D eigenvalue weighted by Crippen LogP contribution is 2.25. The van der Waals surface area contributed by atoms with Gasteiger partial charge in [-0.1, -0.05) is 41.4 Å². The predicted octanol–water partition coefficient (Wildman–Crippen LogP) is 4.61. The molecule has 1 unspecified atom stereocenters. The van der Waals surface area contributed by atoms with Crippen molar-refractivity contribution in [1.82, 2.24) is 10.2 Å². The van der Waals surface area contributed by atoms with Crippen LogP contribution in [-0.2, 0) is 11.3 Å². The second-order valence-electron chi connectivity index (χ2n) is 6.48. The van der Waals surface area contributed by atoms with Gasteiger partial charge in [0.05, 0.1) is 16.1 Å². The van der Waals surface area contributed by atoms with Gasteiger partial charge in [0.15, 0.2) is 0 Å². The van der Waals surface area contributed by atoms with Gasteiger partial charge >= 0.3 is 0 Å². The summed E-state index contributed by atoms with van der Waals surface area (Å²) in [5.41, 5.74) is 2.49. The molecule has 3 rings (SSSR count). The van der Waals surface area contributed by atoms with E-state index >= 15 is 0 Å². The molecule has 4 nitrogen and oxygen atoms in total. The van der Waals surface area contributed by atoms with Crippen molar-refractivity contribution in [2.24, 2.45) is 0 Å². The van der Waals surface area contributed by atoms with E-state index < -0.39 is 0 Å². The van der Waals surface area contributed by atoms with E-state index in [1.165, 1.54) is 0 Å². The van der Waals surface area contributed by atoms with Crippen LogP contribution in [0.3, 0.4) is 0 Å². The number of hydrogen-bond donors (Lipinski definition) is 1. The minimum Gasteiger partial charge on any atom is -0.346 e. The standard InChI is InChI=1S/C20H20Cl2N2O2/c1-13(16-8-9-17(21)18(22)11-16)23-20(26)15-6-4-14(5-7-15)12-24-10-2-3-19(24)25/h4-9,11,13H,2-3,10,12H2,1H3,(H,23,26). The summed E-state index contributed by atoms with van der Waals surface area (Å²) in [5.74, 6) is 0.0367. The van der Waals surface area contributed by atoms with E-state index in [0.717, 1.165) is 24.1 Å². The first-order valence-corrected chi connectivity index (χ1v) is 9.32. The molecule has 1 N–H and O–H groups in total. The van der Waals surface area contributed by atoms with Gasteiger partial charge in [0.2, 0.25) is 5.91 Å². The fraction of sp³-hybridized carbons (Fsp3) is 0.300. The molecule has 0 saturated carbocycles.